The van der Waals surface area contributed by atoms with Crippen LogP contribution in [-0.2, 0) is 13.5 Å². The Labute approximate surface area is 212 Å². The van der Waals surface area contributed by atoms with Gasteiger partial charge in [0, 0.05) is 13.2 Å². The van der Waals surface area contributed by atoms with E-state index in [2.05, 4.69) is 54.7 Å². The number of nitrogens with one attached hydrogen (secondary N) is 1. The molecule has 5 rings (SSSR count). The Morgan fingerprint density at radius 1 is 0.889 bits per heavy atom. The Kier molecular flexibility index (Phi) is 6.54. The van der Waals surface area contributed by atoms with Gasteiger partial charge in [0.25, 0.3) is 5.91 Å². The Morgan fingerprint density at radius 2 is 1.61 bits per heavy atom. The standard InChI is InChI=1S/C31H30N4O/c1-22-16-17-23(2)29(19-22)35-30(21-27(33-35)28-15-10-18-34(28)3)31(36)32-26(25-13-8-5-9-14-25)20-24-11-6-4-7-12-24/h4-19,21,26H,20H2,1-3H3,(H,32,36). The summed E-state index contributed by atoms with van der Waals surface area (Å²) in [7, 11) is 1.98. The third kappa shape index (κ3) is 4.86. The molecule has 0 bridgehead atoms. The molecule has 36 heavy (non-hydrogen) atoms. The number of carbonyl (C=O) groups is 1. The summed E-state index contributed by atoms with van der Waals surface area (Å²) in [5.74, 6) is -0.159. The predicted octanol–water partition coefficient (Wildman–Crippen LogP) is 6.21. The fraction of sp³-hybridized carbons (Fsp3) is 0.161. The molecular formula is C31H30N4O. The van der Waals surface area contributed by atoms with Gasteiger partial charge in [0.15, 0.2) is 0 Å². The van der Waals surface area contributed by atoms with Crippen LogP contribution in [0.4, 0.5) is 0 Å². The van der Waals surface area contributed by atoms with Gasteiger partial charge < -0.3 is 9.88 Å². The molecular weight excluding hydrogens is 444 g/mol. The highest BCUT2D eigenvalue weighted by molar-refractivity contribution is 5.94. The molecule has 1 atom stereocenters. The van der Waals surface area contributed by atoms with Gasteiger partial charge in [-0.1, -0.05) is 72.8 Å². The van der Waals surface area contributed by atoms with Crippen molar-refractivity contribution in [2.45, 2.75) is 26.3 Å². The SMILES string of the molecule is Cc1ccc(C)c(-n2nc(-c3cccn3C)cc2C(=O)NC(Cc2ccccc2)c2ccccc2)c1. The van der Waals surface area contributed by atoms with E-state index >= 15 is 0 Å². The van der Waals surface area contributed by atoms with Gasteiger partial charge in [-0.3, -0.25) is 4.79 Å². The molecule has 1 unspecified atom stereocenters. The Morgan fingerprint density at radius 3 is 2.31 bits per heavy atom. The highest BCUT2D eigenvalue weighted by Gasteiger charge is 2.23. The zero-order valence-corrected chi connectivity index (χ0v) is 20.8. The lowest BCUT2D eigenvalue weighted by molar-refractivity contribution is 0.0928. The van der Waals surface area contributed by atoms with Gasteiger partial charge in [-0.25, -0.2) is 4.68 Å². The Balaban J connectivity index is 1.56. The van der Waals surface area contributed by atoms with Gasteiger partial charge in [-0.15, -0.1) is 0 Å². The fourth-order valence-electron chi connectivity index (χ4n) is 4.55. The fourth-order valence-corrected chi connectivity index (χ4v) is 4.55. The largest absolute Gasteiger partial charge is 0.349 e. The predicted molar refractivity (Wildman–Crippen MR) is 144 cm³/mol. The highest BCUT2D eigenvalue weighted by atomic mass is 16.2. The van der Waals surface area contributed by atoms with E-state index in [1.807, 2.05) is 79.3 Å². The number of amides is 1. The number of benzene rings is 3. The molecule has 0 aliphatic rings. The molecule has 0 aliphatic carbocycles. The van der Waals surface area contributed by atoms with E-state index in [-0.39, 0.29) is 11.9 Å². The molecule has 0 saturated heterocycles. The van der Waals surface area contributed by atoms with Crippen LogP contribution in [-0.4, -0.2) is 20.3 Å². The van der Waals surface area contributed by atoms with E-state index in [0.717, 1.165) is 33.8 Å². The molecule has 5 nitrogen and oxygen atoms in total. The molecule has 0 radical (unpaired) electrons. The van der Waals surface area contributed by atoms with Crippen LogP contribution < -0.4 is 5.32 Å². The molecule has 0 fully saturated rings. The summed E-state index contributed by atoms with van der Waals surface area (Å²) in [6.45, 7) is 4.10. The molecule has 1 N–H and O–H groups in total. The number of carbonyl (C=O) groups excluding carboxylic acids is 1. The molecule has 0 aliphatic heterocycles. The van der Waals surface area contributed by atoms with Crippen LogP contribution in [0.3, 0.4) is 0 Å². The van der Waals surface area contributed by atoms with E-state index in [0.29, 0.717) is 12.1 Å². The zero-order chi connectivity index (χ0) is 25.1. The smallest absolute Gasteiger partial charge is 0.270 e. The molecule has 5 aromatic rings. The molecule has 2 heterocycles. The van der Waals surface area contributed by atoms with Crippen LogP contribution in [0.2, 0.25) is 0 Å². The van der Waals surface area contributed by atoms with Gasteiger partial charge in [-0.2, -0.15) is 5.10 Å². The molecule has 5 heteroatoms. The van der Waals surface area contributed by atoms with Crippen molar-refractivity contribution in [1.82, 2.24) is 19.7 Å². The average Bonchev–Trinajstić information content (AvgIpc) is 3.52. The van der Waals surface area contributed by atoms with E-state index in [4.69, 9.17) is 5.10 Å². The lowest BCUT2D eigenvalue weighted by atomic mass is 9.98. The van der Waals surface area contributed by atoms with Crippen LogP contribution in [0.25, 0.3) is 17.1 Å². The average molecular weight is 475 g/mol. The maximum atomic E-state index is 13.9. The first-order valence-electron chi connectivity index (χ1n) is 12.2. The Bertz CT molecular complexity index is 1480. The second kappa shape index (κ2) is 10.1. The van der Waals surface area contributed by atoms with E-state index in [1.165, 1.54) is 5.56 Å². The second-order valence-electron chi connectivity index (χ2n) is 9.25. The number of hydrogen-bond donors (Lipinski definition) is 1. The minimum absolute atomic E-state index is 0.159. The quantitative estimate of drug-likeness (QED) is 0.305. The topological polar surface area (TPSA) is 51.9 Å². The summed E-state index contributed by atoms with van der Waals surface area (Å²) < 4.78 is 3.80. The maximum absolute atomic E-state index is 13.9. The third-order valence-corrected chi connectivity index (χ3v) is 6.53. The highest BCUT2D eigenvalue weighted by Crippen LogP contribution is 2.26. The first kappa shape index (κ1) is 23.4. The lowest BCUT2D eigenvalue weighted by Crippen LogP contribution is -2.31. The van der Waals surface area contributed by atoms with Gasteiger partial charge in [-0.05, 0) is 66.8 Å². The molecule has 1 amide bonds. The summed E-state index contributed by atoms with van der Waals surface area (Å²) in [6.07, 6.45) is 2.68. The molecule has 0 spiro atoms. The summed E-state index contributed by atoms with van der Waals surface area (Å²) >= 11 is 0. The van der Waals surface area contributed by atoms with Crippen molar-refractivity contribution in [2.75, 3.05) is 0 Å². The third-order valence-electron chi connectivity index (χ3n) is 6.53. The first-order chi connectivity index (χ1) is 17.5. The van der Waals surface area contributed by atoms with Gasteiger partial charge in [0.1, 0.15) is 11.4 Å². The van der Waals surface area contributed by atoms with Crippen molar-refractivity contribution in [3.63, 3.8) is 0 Å². The minimum atomic E-state index is -0.179. The van der Waals surface area contributed by atoms with E-state index < -0.39 is 0 Å². The molecule has 0 saturated carbocycles. The Hall–Kier alpha value is -4.38. The number of aryl methyl sites for hydroxylation is 3. The van der Waals surface area contributed by atoms with Crippen molar-refractivity contribution >= 4 is 5.91 Å². The van der Waals surface area contributed by atoms with Crippen molar-refractivity contribution in [1.29, 1.82) is 0 Å². The van der Waals surface area contributed by atoms with Gasteiger partial charge in [0.05, 0.1) is 17.4 Å². The minimum Gasteiger partial charge on any atom is -0.349 e. The summed E-state index contributed by atoms with van der Waals surface area (Å²) in [4.78, 5) is 13.9. The van der Waals surface area contributed by atoms with Crippen molar-refractivity contribution < 1.29 is 4.79 Å². The first-order valence-corrected chi connectivity index (χ1v) is 12.2. The normalized spacial score (nSPS) is 11.9. The second-order valence-corrected chi connectivity index (χ2v) is 9.25. The molecule has 180 valence electrons. The van der Waals surface area contributed by atoms with Crippen LogP contribution in [0.1, 0.15) is 38.8 Å². The molecule has 3 aromatic carbocycles. The van der Waals surface area contributed by atoms with Crippen molar-refractivity contribution in [3.05, 3.63) is 131 Å². The summed E-state index contributed by atoms with van der Waals surface area (Å²) in [6, 6.07) is 32.3. The monoisotopic (exact) mass is 474 g/mol. The van der Waals surface area contributed by atoms with Gasteiger partial charge in [0.2, 0.25) is 0 Å². The van der Waals surface area contributed by atoms with Crippen LogP contribution in [0.15, 0.2) is 103 Å². The number of aromatic nitrogens is 3. The van der Waals surface area contributed by atoms with Crippen LogP contribution in [0, 0.1) is 13.8 Å². The van der Waals surface area contributed by atoms with Crippen molar-refractivity contribution in [3.8, 4) is 17.1 Å². The van der Waals surface area contributed by atoms with E-state index in [1.54, 1.807) is 4.68 Å². The molecule has 2 aromatic heterocycles. The van der Waals surface area contributed by atoms with Crippen LogP contribution in [0.5, 0.6) is 0 Å². The number of rotatable bonds is 7. The van der Waals surface area contributed by atoms with Crippen LogP contribution >= 0.6 is 0 Å². The maximum Gasteiger partial charge on any atom is 0.270 e. The van der Waals surface area contributed by atoms with Crippen molar-refractivity contribution in [2.24, 2.45) is 7.05 Å². The number of hydrogen-bond acceptors (Lipinski definition) is 2. The lowest BCUT2D eigenvalue weighted by Gasteiger charge is -2.20. The summed E-state index contributed by atoms with van der Waals surface area (Å²) in [5.41, 5.74) is 7.53. The summed E-state index contributed by atoms with van der Waals surface area (Å²) in [5, 5.41) is 8.21. The zero-order valence-electron chi connectivity index (χ0n) is 20.8. The number of nitrogens with zero attached hydrogens (tertiary/aromatic N) is 3. The van der Waals surface area contributed by atoms with Gasteiger partial charge >= 0.3 is 0 Å². The van der Waals surface area contributed by atoms with E-state index in [9.17, 15) is 4.79 Å².